The molecule has 358 valence electrons. The smallest absolute Gasteiger partial charge is 0.236 e. The summed E-state index contributed by atoms with van der Waals surface area (Å²) in [7, 11) is 0. The van der Waals surface area contributed by atoms with E-state index in [0.29, 0.717) is 5.56 Å². The van der Waals surface area contributed by atoms with Crippen molar-refractivity contribution in [2.45, 2.75) is 6.54 Å². The van der Waals surface area contributed by atoms with E-state index in [-0.39, 0.29) is 6.54 Å². The number of hydrogen-bond donors (Lipinski definition) is 17. The zero-order chi connectivity index (χ0) is 50.8. The monoisotopic (exact) mass is 969 g/mol. The van der Waals surface area contributed by atoms with Gasteiger partial charge in [0.25, 0.3) is 0 Å². The number of aliphatic imine (C=N–C) groups is 3. The van der Waals surface area contributed by atoms with Crippen molar-refractivity contribution in [2.75, 3.05) is 0 Å². The second kappa shape index (κ2) is 15.4. The normalized spacial score (nSPS) is 12.3. The molecule has 0 aliphatic carbocycles. The minimum atomic E-state index is -1.39. The lowest BCUT2D eigenvalue weighted by Gasteiger charge is -2.17. The SMILES string of the molecule is C=NC(=NC(=NCc1ccc(-c2ccccc2)cc1)c1c(O)c(O)c2c(O)c(O)c(O)cc2c1O)c1c(O)c(O)c2c(O)c3c(ooc4c(O)c(O)c(O)c5oc6c(O)c(O)c(O)c3c6c45)c(O)c2c1O. The molecule has 2 heterocycles. The van der Waals surface area contributed by atoms with Crippen LogP contribution in [0.5, 0.6) is 97.7 Å². The number of furan rings is 1. The van der Waals surface area contributed by atoms with Crippen LogP contribution in [0, 0.1) is 0 Å². The van der Waals surface area contributed by atoms with Crippen LogP contribution in [0.25, 0.3) is 76.5 Å². The Hall–Kier alpha value is -10.7. The molecule has 23 nitrogen and oxygen atoms in total. The Morgan fingerprint density at radius 1 is 0.394 bits per heavy atom. The number of phenols is 17. The fraction of sp³-hybridized carbons (Fsp3) is 0.0208. The molecule has 2 aromatic heterocycles. The quantitative estimate of drug-likeness (QED) is 0.0258. The number of phenolic OH excluding ortho intramolecular Hbond substituents is 17. The molecular formula is C48H31N3O20. The number of aromatic hydroxyl groups is 17. The molecule has 23 heteroatoms. The van der Waals surface area contributed by atoms with E-state index in [2.05, 4.69) is 21.7 Å². The number of amidine groups is 2. The first-order valence-corrected chi connectivity index (χ1v) is 20.2. The zero-order valence-electron chi connectivity index (χ0n) is 35.4. The molecule has 0 aliphatic heterocycles. The van der Waals surface area contributed by atoms with Crippen molar-refractivity contribution in [1.29, 1.82) is 0 Å². The summed E-state index contributed by atoms with van der Waals surface area (Å²) in [6.07, 6.45) is 0. The van der Waals surface area contributed by atoms with Crippen molar-refractivity contribution in [3.8, 4) is 109 Å². The third-order valence-electron chi connectivity index (χ3n) is 11.9. The molecule has 0 unspecified atom stereocenters. The van der Waals surface area contributed by atoms with Crippen LogP contribution in [0.1, 0.15) is 16.7 Å². The van der Waals surface area contributed by atoms with Gasteiger partial charge in [-0.1, -0.05) is 54.6 Å². The van der Waals surface area contributed by atoms with Crippen LogP contribution in [0.4, 0.5) is 0 Å². The van der Waals surface area contributed by atoms with Crippen LogP contribution in [-0.2, 0) is 6.54 Å². The molecule has 10 rings (SSSR count). The number of fused-ring (bicyclic) bond motifs is 4. The highest BCUT2D eigenvalue weighted by Gasteiger charge is 2.35. The van der Waals surface area contributed by atoms with Crippen molar-refractivity contribution in [2.24, 2.45) is 15.0 Å². The van der Waals surface area contributed by atoms with E-state index in [9.17, 15) is 86.8 Å². The summed E-state index contributed by atoms with van der Waals surface area (Å²) < 4.78 is 16.1. The van der Waals surface area contributed by atoms with Crippen molar-refractivity contribution in [3.05, 3.63) is 77.4 Å². The number of hydrogen-bond acceptors (Lipinski definition) is 21. The fourth-order valence-electron chi connectivity index (χ4n) is 8.50. The molecule has 0 saturated carbocycles. The van der Waals surface area contributed by atoms with Gasteiger partial charge in [-0.05, 0) is 29.5 Å². The molecule has 0 radical (unpaired) electrons. The molecule has 0 saturated heterocycles. The van der Waals surface area contributed by atoms with E-state index in [1.807, 2.05) is 30.3 Å². The van der Waals surface area contributed by atoms with Crippen molar-refractivity contribution < 1.29 is 100 Å². The van der Waals surface area contributed by atoms with Gasteiger partial charge in [0, 0.05) is 16.2 Å². The maximum Gasteiger partial charge on any atom is 0.236 e. The van der Waals surface area contributed by atoms with Gasteiger partial charge in [-0.2, -0.15) is 0 Å². The van der Waals surface area contributed by atoms with Crippen LogP contribution < -0.4 is 0 Å². The van der Waals surface area contributed by atoms with Gasteiger partial charge >= 0.3 is 0 Å². The van der Waals surface area contributed by atoms with E-state index in [1.54, 1.807) is 24.3 Å². The third-order valence-corrected chi connectivity index (χ3v) is 11.9. The highest BCUT2D eigenvalue weighted by atomic mass is 17.0. The highest BCUT2D eigenvalue weighted by Crippen LogP contribution is 2.61. The Morgan fingerprint density at radius 2 is 0.901 bits per heavy atom. The molecule has 0 aliphatic rings. The molecule has 10 aromatic rings. The molecule has 0 bridgehead atoms. The number of benzene rings is 8. The van der Waals surface area contributed by atoms with E-state index < -0.39 is 186 Å². The maximum atomic E-state index is 12.0. The van der Waals surface area contributed by atoms with Crippen LogP contribution in [0.2, 0.25) is 0 Å². The van der Waals surface area contributed by atoms with E-state index in [4.69, 9.17) is 13.6 Å². The second-order valence-corrected chi connectivity index (χ2v) is 15.8. The van der Waals surface area contributed by atoms with Gasteiger partial charge in [-0.3, -0.25) is 14.1 Å². The summed E-state index contributed by atoms with van der Waals surface area (Å²) >= 11 is 0. The van der Waals surface area contributed by atoms with E-state index in [0.717, 1.165) is 17.2 Å². The minimum Gasteiger partial charge on any atom is -0.506 e. The van der Waals surface area contributed by atoms with E-state index in [1.165, 1.54) is 0 Å². The Balaban J connectivity index is 1.26. The average molecular weight is 970 g/mol. The first kappa shape index (κ1) is 44.1. The highest BCUT2D eigenvalue weighted by molar-refractivity contribution is 6.32. The Labute approximate surface area is 391 Å². The van der Waals surface area contributed by atoms with Gasteiger partial charge < -0.3 is 91.2 Å². The predicted octanol–water partition coefficient (Wildman–Crippen LogP) is 7.70. The number of rotatable bonds is 5. The van der Waals surface area contributed by atoms with Crippen LogP contribution in [-0.4, -0.2) is 105 Å². The number of nitrogens with zero attached hydrogens (tertiary/aromatic N) is 3. The van der Waals surface area contributed by atoms with Gasteiger partial charge in [-0.15, -0.1) is 0 Å². The van der Waals surface area contributed by atoms with Gasteiger partial charge in [-0.25, -0.2) is 9.98 Å². The first-order chi connectivity index (χ1) is 33.8. The molecule has 71 heavy (non-hydrogen) atoms. The van der Waals surface area contributed by atoms with Crippen LogP contribution in [0.3, 0.4) is 0 Å². The lowest BCUT2D eigenvalue weighted by Crippen LogP contribution is -2.08. The Kier molecular flexibility index (Phi) is 9.59. The molecule has 0 atom stereocenters. The minimum absolute atomic E-state index is 0.354. The fourth-order valence-corrected chi connectivity index (χ4v) is 8.50. The summed E-state index contributed by atoms with van der Waals surface area (Å²) in [6.45, 7) is 3.05. The van der Waals surface area contributed by atoms with Crippen molar-refractivity contribution in [3.63, 3.8) is 0 Å². The van der Waals surface area contributed by atoms with Crippen LogP contribution >= 0.6 is 0 Å². The van der Waals surface area contributed by atoms with E-state index >= 15 is 0 Å². The largest absolute Gasteiger partial charge is 0.506 e. The van der Waals surface area contributed by atoms with Gasteiger partial charge in [0.15, 0.2) is 68.8 Å². The summed E-state index contributed by atoms with van der Waals surface area (Å²) in [5, 5.41) is 184. The maximum absolute atomic E-state index is 12.0. The molecule has 0 fully saturated rings. The predicted molar refractivity (Wildman–Crippen MR) is 250 cm³/mol. The van der Waals surface area contributed by atoms with Crippen molar-refractivity contribution in [1.82, 2.24) is 0 Å². The van der Waals surface area contributed by atoms with Gasteiger partial charge in [0.2, 0.25) is 45.7 Å². The molecule has 17 N–H and O–H groups in total. The summed E-state index contributed by atoms with van der Waals surface area (Å²) in [4.78, 5) is 12.4. The third kappa shape index (κ3) is 6.05. The summed E-state index contributed by atoms with van der Waals surface area (Å²) in [5.41, 5.74) is -3.28. The average Bonchev–Trinajstić information content (AvgIpc) is 3.75. The summed E-state index contributed by atoms with van der Waals surface area (Å²) in [5.74, 6) is -22.7. The molecule has 0 spiro atoms. The van der Waals surface area contributed by atoms with Crippen molar-refractivity contribution >= 4 is 83.8 Å². The Bertz CT molecular complexity index is 4110. The standard InChI is InChI=1S/C48H31N3O20/c1-49-47(51-48(50-12-13-7-9-15(10-8-13)14-5-3-2-4-6-14)25-27(53)16-11-17(52)28(54)31(57)18(16)32(58)35(25)61)26-30(56)22-21(34(60)36(26)62)29(55)23-19-20-24-44(69-43(20)40(66)38(64)33(19)59)41(67)39(65)42(68)46(24)71-70-45(23)37(22)63/h2-11,52-68H,1,12H2. The van der Waals surface area contributed by atoms with Gasteiger partial charge in [0.1, 0.15) is 28.4 Å². The summed E-state index contributed by atoms with van der Waals surface area (Å²) in [6, 6.07) is 16.8. The molecular weight excluding hydrogens is 939 g/mol. The second-order valence-electron chi connectivity index (χ2n) is 15.8. The van der Waals surface area contributed by atoms with Gasteiger partial charge in [0.05, 0.1) is 33.5 Å². The topological polar surface area (TPSA) is 420 Å². The lowest BCUT2D eigenvalue weighted by molar-refractivity contribution is 0.0872. The van der Waals surface area contributed by atoms with Crippen LogP contribution in [0.15, 0.2) is 89.2 Å². The zero-order valence-corrected chi connectivity index (χ0v) is 35.4. The molecule has 8 aromatic carbocycles. The molecule has 0 amide bonds. The first-order valence-electron chi connectivity index (χ1n) is 20.2. The lowest BCUT2D eigenvalue weighted by atomic mass is 9.95. The Morgan fingerprint density at radius 3 is 1.54 bits per heavy atom.